The highest BCUT2D eigenvalue weighted by Crippen LogP contribution is 2.19. The van der Waals surface area contributed by atoms with Crippen LogP contribution in [0, 0.1) is 0 Å². The number of H-pyrrole nitrogens is 1. The van der Waals surface area contributed by atoms with Gasteiger partial charge in [-0.1, -0.05) is 12.1 Å². The lowest BCUT2D eigenvalue weighted by Gasteiger charge is -2.34. The molecule has 0 spiro atoms. The van der Waals surface area contributed by atoms with Crippen LogP contribution >= 0.6 is 0 Å². The molecule has 1 N–H and O–H groups in total. The second kappa shape index (κ2) is 5.86. The number of aromatic amines is 1. The molecule has 1 aliphatic rings. The minimum atomic E-state index is 0.851. The number of aromatic nitrogens is 5. The number of nitrogens with one attached hydrogen (secondary N) is 1. The number of hydrogen-bond donors (Lipinski definition) is 1. The van der Waals surface area contributed by atoms with Gasteiger partial charge in [0.15, 0.2) is 11.5 Å². The summed E-state index contributed by atoms with van der Waals surface area (Å²) in [6.07, 6.45) is 7.55. The van der Waals surface area contributed by atoms with E-state index in [0.29, 0.717) is 0 Å². The second-order valence-electron chi connectivity index (χ2n) is 6.37. The number of anilines is 1. The van der Waals surface area contributed by atoms with Crippen molar-refractivity contribution in [3.63, 3.8) is 0 Å². The van der Waals surface area contributed by atoms with Gasteiger partial charge in [-0.2, -0.15) is 0 Å². The molecule has 25 heavy (non-hydrogen) atoms. The number of hydrogen-bond acceptors (Lipinski definition) is 5. The first-order valence-corrected chi connectivity index (χ1v) is 8.55. The molecule has 4 heterocycles. The van der Waals surface area contributed by atoms with Crippen molar-refractivity contribution in [3.8, 4) is 0 Å². The summed E-state index contributed by atoms with van der Waals surface area (Å²) in [5, 5.41) is 0. The van der Waals surface area contributed by atoms with E-state index in [9.17, 15) is 0 Å². The molecule has 0 amide bonds. The first kappa shape index (κ1) is 14.4. The van der Waals surface area contributed by atoms with Crippen LogP contribution < -0.4 is 4.90 Å². The molecule has 3 aromatic heterocycles. The molecule has 0 atom stereocenters. The van der Waals surface area contributed by atoms with Gasteiger partial charge in [-0.3, -0.25) is 4.90 Å². The van der Waals surface area contributed by atoms with Gasteiger partial charge in [-0.15, -0.1) is 0 Å². The van der Waals surface area contributed by atoms with E-state index in [1.165, 1.54) is 0 Å². The Balaban J connectivity index is 1.29. The smallest absolute Gasteiger partial charge is 0.180 e. The molecular formula is C18H19N7. The van der Waals surface area contributed by atoms with E-state index in [1.807, 2.05) is 47.4 Å². The number of piperazine rings is 1. The lowest BCUT2D eigenvalue weighted by molar-refractivity contribution is 0.244. The Bertz CT molecular complexity index is 977. The summed E-state index contributed by atoms with van der Waals surface area (Å²) < 4.78 is 2.02. The summed E-state index contributed by atoms with van der Waals surface area (Å²) in [7, 11) is 0. The molecule has 7 nitrogen and oxygen atoms in total. The Kier molecular flexibility index (Phi) is 3.38. The Morgan fingerprint density at radius 2 is 1.76 bits per heavy atom. The van der Waals surface area contributed by atoms with E-state index >= 15 is 0 Å². The molecule has 0 aliphatic carbocycles. The van der Waals surface area contributed by atoms with Crippen LogP contribution in [-0.4, -0.2) is 55.4 Å². The molecular weight excluding hydrogens is 314 g/mol. The van der Waals surface area contributed by atoms with Gasteiger partial charge in [0.2, 0.25) is 0 Å². The van der Waals surface area contributed by atoms with Crippen LogP contribution in [0.15, 0.2) is 49.1 Å². The van der Waals surface area contributed by atoms with Gasteiger partial charge < -0.3 is 14.3 Å². The molecule has 1 aromatic carbocycles. The summed E-state index contributed by atoms with van der Waals surface area (Å²) in [5.74, 6) is 2.00. The molecule has 0 bridgehead atoms. The monoisotopic (exact) mass is 333 g/mol. The van der Waals surface area contributed by atoms with Crippen LogP contribution in [0.4, 0.5) is 5.82 Å². The molecule has 4 aromatic rings. The Labute approximate surface area is 144 Å². The second-order valence-corrected chi connectivity index (χ2v) is 6.37. The quantitative estimate of drug-likeness (QED) is 0.621. The van der Waals surface area contributed by atoms with Gasteiger partial charge in [-0.25, -0.2) is 15.0 Å². The largest absolute Gasteiger partial charge is 0.351 e. The first-order valence-electron chi connectivity index (χ1n) is 8.55. The van der Waals surface area contributed by atoms with Crippen LogP contribution in [0.25, 0.3) is 16.7 Å². The molecule has 1 aliphatic heterocycles. The maximum atomic E-state index is 4.68. The molecule has 126 valence electrons. The lowest BCUT2D eigenvalue weighted by atomic mass is 10.3. The number of imidazole rings is 2. The summed E-state index contributed by atoms with van der Waals surface area (Å²) in [6, 6.07) is 8.17. The molecule has 0 radical (unpaired) electrons. The van der Waals surface area contributed by atoms with Crippen LogP contribution in [0.2, 0.25) is 0 Å². The molecule has 7 heteroatoms. The molecule has 1 fully saturated rings. The molecule has 0 unspecified atom stereocenters. The average molecular weight is 333 g/mol. The Morgan fingerprint density at radius 1 is 0.960 bits per heavy atom. The topological polar surface area (TPSA) is 65.4 Å². The number of nitrogens with zero attached hydrogens (tertiary/aromatic N) is 6. The SMILES string of the molecule is c1ccc2[nH]c(CN3CCN(c4nccn5ccnc45)CC3)nc2c1. The number of para-hydroxylation sites is 2. The number of rotatable bonds is 3. The van der Waals surface area contributed by atoms with Crippen molar-refractivity contribution in [2.24, 2.45) is 0 Å². The highest BCUT2D eigenvalue weighted by atomic mass is 15.3. The fraction of sp³-hybridized carbons (Fsp3) is 0.278. The zero-order chi connectivity index (χ0) is 16.6. The third-order valence-electron chi connectivity index (χ3n) is 4.78. The normalized spacial score (nSPS) is 16.1. The lowest BCUT2D eigenvalue weighted by Crippen LogP contribution is -2.46. The van der Waals surface area contributed by atoms with Crippen LogP contribution in [0.3, 0.4) is 0 Å². The zero-order valence-corrected chi connectivity index (χ0v) is 13.8. The zero-order valence-electron chi connectivity index (χ0n) is 13.8. The molecule has 0 saturated carbocycles. The standard InChI is InChI=1S/C18H19N7/c1-2-4-15-14(3-1)21-16(22-15)13-23-9-11-25(12-10-23)18-17-19-5-7-24(17)8-6-20-18/h1-8H,9-13H2,(H,21,22). The summed E-state index contributed by atoms with van der Waals surface area (Å²) in [5.41, 5.74) is 3.06. The minimum Gasteiger partial charge on any atom is -0.351 e. The van der Waals surface area contributed by atoms with E-state index in [-0.39, 0.29) is 0 Å². The average Bonchev–Trinajstić information content (AvgIpc) is 3.28. The van der Waals surface area contributed by atoms with Crippen LogP contribution in [0.1, 0.15) is 5.82 Å². The minimum absolute atomic E-state index is 0.851. The Morgan fingerprint density at radius 3 is 2.60 bits per heavy atom. The van der Waals surface area contributed by atoms with Crippen LogP contribution in [0.5, 0.6) is 0 Å². The third kappa shape index (κ3) is 2.62. The Hall–Kier alpha value is -2.93. The summed E-state index contributed by atoms with van der Waals surface area (Å²) in [6.45, 7) is 4.71. The number of fused-ring (bicyclic) bond motifs is 2. The maximum Gasteiger partial charge on any atom is 0.180 e. The van der Waals surface area contributed by atoms with Gasteiger partial charge in [0.25, 0.3) is 0 Å². The van der Waals surface area contributed by atoms with Crippen molar-refractivity contribution in [1.29, 1.82) is 0 Å². The molecule has 1 saturated heterocycles. The van der Waals surface area contributed by atoms with Crippen molar-refractivity contribution >= 4 is 22.5 Å². The van der Waals surface area contributed by atoms with Crippen molar-refractivity contribution in [2.45, 2.75) is 6.54 Å². The van der Waals surface area contributed by atoms with E-state index in [2.05, 4.69) is 35.8 Å². The fourth-order valence-electron chi connectivity index (χ4n) is 3.47. The van der Waals surface area contributed by atoms with Crippen molar-refractivity contribution < 1.29 is 0 Å². The fourth-order valence-corrected chi connectivity index (χ4v) is 3.47. The van der Waals surface area contributed by atoms with Crippen molar-refractivity contribution in [1.82, 2.24) is 29.2 Å². The summed E-state index contributed by atoms with van der Waals surface area (Å²) >= 11 is 0. The van der Waals surface area contributed by atoms with Gasteiger partial charge in [0.1, 0.15) is 5.82 Å². The van der Waals surface area contributed by atoms with Crippen molar-refractivity contribution in [2.75, 3.05) is 31.1 Å². The van der Waals surface area contributed by atoms with Gasteiger partial charge >= 0.3 is 0 Å². The highest BCUT2D eigenvalue weighted by molar-refractivity contribution is 5.74. The van der Waals surface area contributed by atoms with E-state index < -0.39 is 0 Å². The van der Waals surface area contributed by atoms with Gasteiger partial charge in [-0.05, 0) is 12.1 Å². The van der Waals surface area contributed by atoms with Crippen molar-refractivity contribution in [3.05, 3.63) is 54.9 Å². The van der Waals surface area contributed by atoms with Gasteiger partial charge in [0, 0.05) is 51.0 Å². The summed E-state index contributed by atoms with van der Waals surface area (Å²) in [4.78, 5) is 21.8. The predicted octanol–water partition coefficient (Wildman–Crippen LogP) is 1.93. The highest BCUT2D eigenvalue weighted by Gasteiger charge is 2.21. The van der Waals surface area contributed by atoms with E-state index in [0.717, 1.165) is 61.0 Å². The first-order chi connectivity index (χ1) is 12.4. The van der Waals surface area contributed by atoms with E-state index in [4.69, 9.17) is 0 Å². The third-order valence-corrected chi connectivity index (χ3v) is 4.78. The molecule has 5 rings (SSSR count). The van der Waals surface area contributed by atoms with E-state index in [1.54, 1.807) is 0 Å². The van der Waals surface area contributed by atoms with Crippen LogP contribution in [-0.2, 0) is 6.54 Å². The predicted molar refractivity (Wildman–Crippen MR) is 96.6 cm³/mol. The van der Waals surface area contributed by atoms with Gasteiger partial charge in [0.05, 0.1) is 17.6 Å². The maximum absolute atomic E-state index is 4.68. The number of benzene rings is 1.